The van der Waals surface area contributed by atoms with Crippen LogP contribution in [0.3, 0.4) is 0 Å². The van der Waals surface area contributed by atoms with Gasteiger partial charge in [0.1, 0.15) is 11.8 Å². The molecular weight excluding hydrogens is 322 g/mol. The van der Waals surface area contributed by atoms with Gasteiger partial charge in [-0.2, -0.15) is 0 Å². The van der Waals surface area contributed by atoms with Crippen LogP contribution in [0.1, 0.15) is 50.8 Å². The third-order valence-corrected chi connectivity index (χ3v) is 5.46. The fraction of sp³-hybridized carbons (Fsp3) is 0.455. The monoisotopic (exact) mass is 355 g/mol. The highest BCUT2D eigenvalue weighted by atomic mass is 28.3. The molecule has 0 aliphatic heterocycles. The van der Waals surface area contributed by atoms with Crippen molar-refractivity contribution >= 4 is 13.8 Å². The van der Waals surface area contributed by atoms with Crippen LogP contribution in [0, 0.1) is 0 Å². The molecule has 0 aliphatic rings. The Kier molecular flexibility index (Phi) is 7.57. The van der Waals surface area contributed by atoms with E-state index >= 15 is 0 Å². The summed E-state index contributed by atoms with van der Waals surface area (Å²) in [6.07, 6.45) is 8.05. The largest absolute Gasteiger partial charge is 0.467 e. The molecule has 1 aromatic carbocycles. The van der Waals surface area contributed by atoms with Crippen LogP contribution in [0.15, 0.2) is 64.4 Å². The van der Waals surface area contributed by atoms with Gasteiger partial charge in [0, 0.05) is 5.69 Å². The first-order valence-electron chi connectivity index (χ1n) is 9.56. The van der Waals surface area contributed by atoms with Crippen molar-refractivity contribution in [1.82, 2.24) is 0 Å². The Labute approximate surface area is 154 Å². The first-order valence-corrected chi connectivity index (χ1v) is 13.1. The average molecular weight is 356 g/mol. The van der Waals surface area contributed by atoms with Crippen molar-refractivity contribution in [2.24, 2.45) is 0 Å². The molecule has 0 bridgehead atoms. The Bertz CT molecular complexity index is 626. The fourth-order valence-corrected chi connectivity index (χ4v) is 4.54. The highest BCUT2D eigenvalue weighted by Gasteiger charge is 2.22. The van der Waals surface area contributed by atoms with Crippen molar-refractivity contribution in [2.45, 2.75) is 64.7 Å². The molecule has 2 rings (SSSR count). The topological polar surface area (TPSA) is 25.2 Å². The zero-order valence-corrected chi connectivity index (χ0v) is 17.2. The molecule has 1 aromatic heterocycles. The summed E-state index contributed by atoms with van der Waals surface area (Å²) in [6.45, 7) is 9.48. The van der Waals surface area contributed by atoms with Crippen molar-refractivity contribution in [2.75, 3.05) is 5.32 Å². The van der Waals surface area contributed by atoms with Crippen molar-refractivity contribution in [3.8, 4) is 0 Å². The Morgan fingerprint density at radius 1 is 1.04 bits per heavy atom. The van der Waals surface area contributed by atoms with Gasteiger partial charge in [-0.05, 0) is 42.7 Å². The van der Waals surface area contributed by atoms with Gasteiger partial charge in [-0.3, -0.25) is 0 Å². The molecule has 136 valence electrons. The number of nitrogens with one attached hydrogen (secondary N) is 1. The maximum Gasteiger partial charge on any atom is 0.130 e. The normalized spacial score (nSPS) is 13.7. The van der Waals surface area contributed by atoms with Crippen LogP contribution in [0.2, 0.25) is 19.6 Å². The first kappa shape index (κ1) is 19.6. The van der Waals surface area contributed by atoms with E-state index in [0.717, 1.165) is 17.9 Å². The van der Waals surface area contributed by atoms with E-state index in [9.17, 15) is 0 Å². The summed E-state index contributed by atoms with van der Waals surface area (Å²) >= 11 is 0. The van der Waals surface area contributed by atoms with Gasteiger partial charge in [0.15, 0.2) is 0 Å². The Morgan fingerprint density at radius 2 is 1.80 bits per heavy atom. The second kappa shape index (κ2) is 9.67. The number of para-hydroxylation sites is 1. The van der Waals surface area contributed by atoms with E-state index < -0.39 is 8.07 Å². The number of unbranched alkanes of at least 4 members (excludes halogenated alkanes) is 3. The summed E-state index contributed by atoms with van der Waals surface area (Å²) < 4.78 is 5.80. The molecule has 25 heavy (non-hydrogen) atoms. The van der Waals surface area contributed by atoms with E-state index in [-0.39, 0.29) is 6.04 Å². The molecule has 2 aromatic rings. The van der Waals surface area contributed by atoms with Crippen LogP contribution in [0.5, 0.6) is 0 Å². The minimum atomic E-state index is -1.32. The molecule has 1 unspecified atom stereocenters. The highest BCUT2D eigenvalue weighted by Crippen LogP contribution is 2.31. The number of furan rings is 1. The number of anilines is 1. The van der Waals surface area contributed by atoms with Crippen LogP contribution in [0.25, 0.3) is 0 Å². The standard InChI is InChI=1S/C22H33NOSi/c1-5-6-7-9-13-19(18-25(2,3)4)22(21-16-12-17-24-21)23-20-14-10-8-11-15-20/h8,10-12,14-18,22-23H,5-7,9,13H2,1-4H3/b19-18+. The summed E-state index contributed by atoms with van der Waals surface area (Å²) in [5.74, 6) is 1.00. The second-order valence-electron chi connectivity index (χ2n) is 7.85. The smallest absolute Gasteiger partial charge is 0.130 e. The van der Waals surface area contributed by atoms with Crippen molar-refractivity contribution in [3.63, 3.8) is 0 Å². The zero-order chi connectivity index (χ0) is 18.1. The van der Waals surface area contributed by atoms with E-state index in [1.54, 1.807) is 6.26 Å². The molecule has 1 N–H and O–H groups in total. The molecule has 3 heteroatoms. The SMILES string of the molecule is CCCCCC/C(=C\[Si](C)(C)C)C(Nc1ccccc1)c1ccco1. The predicted octanol–water partition coefficient (Wildman–Crippen LogP) is 7.21. The highest BCUT2D eigenvalue weighted by molar-refractivity contribution is 6.81. The van der Waals surface area contributed by atoms with Gasteiger partial charge < -0.3 is 9.73 Å². The number of hydrogen-bond acceptors (Lipinski definition) is 2. The minimum Gasteiger partial charge on any atom is -0.467 e. The molecule has 1 atom stereocenters. The molecular formula is C22H33NOSi. The van der Waals surface area contributed by atoms with Crippen LogP contribution >= 0.6 is 0 Å². The van der Waals surface area contributed by atoms with Crippen LogP contribution in [0.4, 0.5) is 5.69 Å². The molecule has 0 radical (unpaired) electrons. The molecule has 0 spiro atoms. The molecule has 0 amide bonds. The second-order valence-corrected chi connectivity index (χ2v) is 12.9. The van der Waals surface area contributed by atoms with Gasteiger partial charge in [-0.1, -0.05) is 69.7 Å². The van der Waals surface area contributed by atoms with E-state index in [1.807, 2.05) is 6.07 Å². The summed E-state index contributed by atoms with van der Waals surface area (Å²) in [6, 6.07) is 14.6. The van der Waals surface area contributed by atoms with Gasteiger partial charge in [0.05, 0.1) is 14.3 Å². The molecule has 0 saturated heterocycles. The van der Waals surface area contributed by atoms with E-state index in [4.69, 9.17) is 4.42 Å². The predicted molar refractivity (Wildman–Crippen MR) is 112 cm³/mol. The minimum absolute atomic E-state index is 0.116. The molecule has 0 fully saturated rings. The zero-order valence-electron chi connectivity index (χ0n) is 16.2. The number of rotatable bonds is 10. The third-order valence-electron chi connectivity index (χ3n) is 4.22. The van der Waals surface area contributed by atoms with Crippen molar-refractivity contribution < 1.29 is 4.42 Å². The molecule has 1 heterocycles. The summed E-state index contributed by atoms with van der Waals surface area (Å²) in [4.78, 5) is 0. The maximum atomic E-state index is 5.80. The number of hydrogen-bond donors (Lipinski definition) is 1. The Hall–Kier alpha value is -1.74. The lowest BCUT2D eigenvalue weighted by atomic mass is 9.99. The quantitative estimate of drug-likeness (QED) is 0.360. The van der Waals surface area contributed by atoms with Gasteiger partial charge in [0.25, 0.3) is 0 Å². The lowest BCUT2D eigenvalue weighted by Gasteiger charge is -2.24. The lowest BCUT2D eigenvalue weighted by molar-refractivity contribution is 0.490. The summed E-state index contributed by atoms with van der Waals surface area (Å²) in [7, 11) is -1.32. The maximum absolute atomic E-state index is 5.80. The molecule has 0 aliphatic carbocycles. The van der Waals surface area contributed by atoms with Crippen molar-refractivity contribution in [3.05, 3.63) is 65.8 Å². The van der Waals surface area contributed by atoms with E-state index in [0.29, 0.717) is 0 Å². The van der Waals surface area contributed by atoms with Gasteiger partial charge in [-0.25, -0.2) is 0 Å². The fourth-order valence-electron chi connectivity index (χ4n) is 3.12. The van der Waals surface area contributed by atoms with Crippen LogP contribution in [-0.2, 0) is 0 Å². The average Bonchev–Trinajstić information content (AvgIpc) is 3.10. The third kappa shape index (κ3) is 6.95. The van der Waals surface area contributed by atoms with Gasteiger partial charge in [-0.15, -0.1) is 0 Å². The first-order chi connectivity index (χ1) is 12.0. The van der Waals surface area contributed by atoms with Crippen molar-refractivity contribution in [1.29, 1.82) is 0 Å². The molecule has 2 nitrogen and oxygen atoms in total. The molecule has 0 saturated carbocycles. The summed E-state index contributed by atoms with van der Waals surface area (Å²) in [5, 5.41) is 3.71. The summed E-state index contributed by atoms with van der Waals surface area (Å²) in [5.41, 5.74) is 5.18. The Balaban J connectivity index is 2.26. The Morgan fingerprint density at radius 3 is 2.40 bits per heavy atom. The van der Waals surface area contributed by atoms with E-state index in [2.05, 4.69) is 74.0 Å². The van der Waals surface area contributed by atoms with Gasteiger partial charge >= 0.3 is 0 Å². The van der Waals surface area contributed by atoms with Crippen LogP contribution in [-0.4, -0.2) is 8.07 Å². The van der Waals surface area contributed by atoms with Gasteiger partial charge in [0.2, 0.25) is 0 Å². The number of benzene rings is 1. The van der Waals surface area contributed by atoms with Crippen LogP contribution < -0.4 is 5.32 Å². The lowest BCUT2D eigenvalue weighted by Crippen LogP contribution is -2.21. The van der Waals surface area contributed by atoms with E-state index in [1.165, 1.54) is 31.3 Å².